The smallest absolute Gasteiger partial charge is 0.149 e. The Morgan fingerprint density at radius 3 is 3.00 bits per heavy atom. The van der Waals surface area contributed by atoms with Crippen molar-refractivity contribution in [2.75, 3.05) is 0 Å². The van der Waals surface area contributed by atoms with Crippen molar-refractivity contribution in [3.8, 4) is 0 Å². The highest BCUT2D eigenvalue weighted by molar-refractivity contribution is 5.17. The number of aromatic nitrogens is 5. The second kappa shape index (κ2) is 4.92. The Bertz CT molecular complexity index is 498. The van der Waals surface area contributed by atoms with E-state index >= 15 is 0 Å². The Hall–Kier alpha value is -1.95. The van der Waals surface area contributed by atoms with Crippen molar-refractivity contribution in [1.29, 1.82) is 0 Å². The molecule has 0 saturated carbocycles. The highest BCUT2D eigenvalue weighted by atomic mass is 15.3. The minimum Gasteiger partial charge on any atom is -0.319 e. The molecule has 2 rings (SSSR count). The van der Waals surface area contributed by atoms with Gasteiger partial charge in [-0.25, -0.2) is 4.68 Å². The number of hydrogen-bond acceptors (Lipinski definition) is 4. The summed E-state index contributed by atoms with van der Waals surface area (Å²) < 4.78 is 3.59. The van der Waals surface area contributed by atoms with Gasteiger partial charge in [0.1, 0.15) is 12.2 Å². The summed E-state index contributed by atoms with van der Waals surface area (Å²) in [5.74, 6) is 0.918. The van der Waals surface area contributed by atoms with Crippen LogP contribution in [0.3, 0.4) is 0 Å². The van der Waals surface area contributed by atoms with Gasteiger partial charge in [0.05, 0.1) is 12.2 Å². The van der Waals surface area contributed by atoms with Crippen molar-refractivity contribution in [2.45, 2.75) is 19.5 Å². The summed E-state index contributed by atoms with van der Waals surface area (Å²) in [6.45, 7) is 6.45. The zero-order chi connectivity index (χ0) is 12.3. The molecule has 0 bridgehead atoms. The second-order valence-electron chi connectivity index (χ2n) is 3.91. The van der Waals surface area contributed by atoms with Gasteiger partial charge in [-0.3, -0.25) is 0 Å². The van der Waals surface area contributed by atoms with Gasteiger partial charge in [-0.05, 0) is 6.92 Å². The van der Waals surface area contributed by atoms with E-state index in [2.05, 4.69) is 34.1 Å². The largest absolute Gasteiger partial charge is 0.319 e. The van der Waals surface area contributed by atoms with Crippen LogP contribution in [0.5, 0.6) is 0 Å². The molecule has 0 radical (unpaired) electrons. The molecule has 6 heteroatoms. The number of nitrogens with one attached hydrogen (secondary N) is 1. The molecule has 17 heavy (non-hydrogen) atoms. The van der Waals surface area contributed by atoms with E-state index in [1.807, 2.05) is 24.0 Å². The summed E-state index contributed by atoms with van der Waals surface area (Å²) in [6, 6.07) is 0.148. The van der Waals surface area contributed by atoms with Crippen LogP contribution in [-0.2, 0) is 13.6 Å². The number of aryl methyl sites for hydroxylation is 1. The lowest BCUT2D eigenvalue weighted by Gasteiger charge is -2.11. The van der Waals surface area contributed by atoms with E-state index in [0.717, 1.165) is 17.9 Å². The molecule has 1 unspecified atom stereocenters. The fraction of sp³-hybridized carbons (Fsp3) is 0.364. The van der Waals surface area contributed by atoms with E-state index < -0.39 is 0 Å². The normalized spacial score (nSPS) is 12.6. The maximum atomic E-state index is 4.12. The zero-order valence-electron chi connectivity index (χ0n) is 10.0. The monoisotopic (exact) mass is 232 g/mol. The molecule has 0 aliphatic rings. The van der Waals surface area contributed by atoms with E-state index in [-0.39, 0.29) is 6.04 Å². The minimum atomic E-state index is 0.148. The molecule has 1 atom stereocenters. The van der Waals surface area contributed by atoms with Crippen LogP contribution in [0.2, 0.25) is 0 Å². The van der Waals surface area contributed by atoms with Crippen LogP contribution in [0.4, 0.5) is 0 Å². The molecular weight excluding hydrogens is 216 g/mol. The molecule has 1 N–H and O–H groups in total. The third-order valence-corrected chi connectivity index (χ3v) is 2.59. The van der Waals surface area contributed by atoms with Crippen LogP contribution in [0.1, 0.15) is 24.4 Å². The van der Waals surface area contributed by atoms with Gasteiger partial charge in [0.2, 0.25) is 0 Å². The molecule has 0 aliphatic heterocycles. The molecule has 0 saturated heterocycles. The third-order valence-electron chi connectivity index (χ3n) is 2.59. The van der Waals surface area contributed by atoms with Gasteiger partial charge in [-0.15, -0.1) is 10.2 Å². The summed E-state index contributed by atoms with van der Waals surface area (Å²) >= 11 is 0. The maximum Gasteiger partial charge on any atom is 0.149 e. The standard InChI is InChI=1S/C11H16N6/c1-4-17-7-10(6-14-17)5-12-9(2)11-15-13-8-16(11)3/h4,6-9,12H,1,5H2,2-3H3. The molecule has 0 fully saturated rings. The van der Waals surface area contributed by atoms with E-state index in [9.17, 15) is 0 Å². The topological polar surface area (TPSA) is 60.6 Å². The first-order valence-electron chi connectivity index (χ1n) is 5.43. The third kappa shape index (κ3) is 2.59. The molecule has 90 valence electrons. The molecule has 0 aliphatic carbocycles. The van der Waals surface area contributed by atoms with E-state index in [1.165, 1.54) is 0 Å². The summed E-state index contributed by atoms with van der Waals surface area (Å²) in [5.41, 5.74) is 1.11. The predicted octanol–water partition coefficient (Wildman–Crippen LogP) is 0.963. The highest BCUT2D eigenvalue weighted by Gasteiger charge is 2.10. The number of nitrogens with zero attached hydrogens (tertiary/aromatic N) is 5. The van der Waals surface area contributed by atoms with E-state index in [0.29, 0.717) is 0 Å². The zero-order valence-corrected chi connectivity index (χ0v) is 10.0. The maximum absolute atomic E-state index is 4.12. The summed E-state index contributed by atoms with van der Waals surface area (Å²) in [6.07, 6.45) is 7.11. The number of hydrogen-bond donors (Lipinski definition) is 1. The van der Waals surface area contributed by atoms with Crippen LogP contribution in [-0.4, -0.2) is 24.5 Å². The van der Waals surface area contributed by atoms with Gasteiger partial charge in [0.15, 0.2) is 0 Å². The Labute approximate surface area is 100.0 Å². The van der Waals surface area contributed by atoms with Crippen molar-refractivity contribution in [3.05, 3.63) is 36.7 Å². The first-order valence-corrected chi connectivity index (χ1v) is 5.43. The molecule has 0 aromatic carbocycles. The molecule has 2 heterocycles. The molecule has 2 aromatic heterocycles. The van der Waals surface area contributed by atoms with Gasteiger partial charge >= 0.3 is 0 Å². The van der Waals surface area contributed by atoms with Crippen molar-refractivity contribution in [3.63, 3.8) is 0 Å². The van der Waals surface area contributed by atoms with E-state index in [1.54, 1.807) is 17.2 Å². The van der Waals surface area contributed by atoms with E-state index in [4.69, 9.17) is 0 Å². The average molecular weight is 232 g/mol. The molecular formula is C11H16N6. The fourth-order valence-electron chi connectivity index (χ4n) is 1.61. The van der Waals surface area contributed by atoms with Crippen molar-refractivity contribution < 1.29 is 0 Å². The fourth-order valence-corrected chi connectivity index (χ4v) is 1.61. The van der Waals surface area contributed by atoms with Crippen molar-refractivity contribution in [2.24, 2.45) is 7.05 Å². The predicted molar refractivity (Wildman–Crippen MR) is 64.9 cm³/mol. The lowest BCUT2D eigenvalue weighted by atomic mass is 10.3. The first-order chi connectivity index (χ1) is 8.20. The quantitative estimate of drug-likeness (QED) is 0.834. The summed E-state index contributed by atoms with van der Waals surface area (Å²) in [7, 11) is 1.93. The molecule has 0 amide bonds. The molecule has 2 aromatic rings. The van der Waals surface area contributed by atoms with Crippen LogP contribution in [0, 0.1) is 0 Å². The summed E-state index contributed by atoms with van der Waals surface area (Å²) in [5, 5.41) is 15.4. The van der Waals surface area contributed by atoms with Gasteiger partial charge < -0.3 is 9.88 Å². The SMILES string of the molecule is C=Cn1cc(CNC(C)c2nncn2C)cn1. The van der Waals surface area contributed by atoms with Crippen LogP contribution < -0.4 is 5.32 Å². The molecule has 0 spiro atoms. The van der Waals surface area contributed by atoms with Crippen LogP contribution in [0.25, 0.3) is 6.20 Å². The summed E-state index contributed by atoms with van der Waals surface area (Å²) in [4.78, 5) is 0. The minimum absolute atomic E-state index is 0.148. The van der Waals surface area contributed by atoms with Crippen molar-refractivity contribution in [1.82, 2.24) is 29.9 Å². The van der Waals surface area contributed by atoms with Gasteiger partial charge in [-0.2, -0.15) is 5.10 Å². The van der Waals surface area contributed by atoms with Gasteiger partial charge in [0.25, 0.3) is 0 Å². The lowest BCUT2D eigenvalue weighted by molar-refractivity contribution is 0.528. The van der Waals surface area contributed by atoms with Gasteiger partial charge in [0, 0.05) is 31.6 Å². The van der Waals surface area contributed by atoms with Crippen LogP contribution >= 0.6 is 0 Å². The Morgan fingerprint density at radius 1 is 1.59 bits per heavy atom. The highest BCUT2D eigenvalue weighted by Crippen LogP contribution is 2.08. The molecule has 6 nitrogen and oxygen atoms in total. The average Bonchev–Trinajstić information content (AvgIpc) is 2.94. The van der Waals surface area contributed by atoms with Crippen LogP contribution in [0.15, 0.2) is 25.3 Å². The first kappa shape index (κ1) is 11.5. The van der Waals surface area contributed by atoms with Crippen molar-refractivity contribution >= 4 is 6.20 Å². The Balaban J connectivity index is 1.94. The Kier molecular flexibility index (Phi) is 3.34. The number of rotatable bonds is 5. The Morgan fingerprint density at radius 2 is 2.41 bits per heavy atom. The van der Waals surface area contributed by atoms with Gasteiger partial charge in [-0.1, -0.05) is 6.58 Å². The second-order valence-corrected chi connectivity index (χ2v) is 3.91. The lowest BCUT2D eigenvalue weighted by Crippen LogP contribution is -2.20.